The zero-order valence-electron chi connectivity index (χ0n) is 14.2. The van der Waals surface area contributed by atoms with Crippen molar-refractivity contribution in [2.75, 3.05) is 5.32 Å². The quantitative estimate of drug-likeness (QED) is 0.838. The number of carbonyl (C=O) groups excluding carboxylic acids is 2. The normalized spacial score (nSPS) is 18.5. The van der Waals surface area contributed by atoms with Gasteiger partial charge in [-0.05, 0) is 12.1 Å². The maximum atomic E-state index is 12.8. The van der Waals surface area contributed by atoms with Gasteiger partial charge in [0.05, 0.1) is 5.56 Å². The van der Waals surface area contributed by atoms with Gasteiger partial charge < -0.3 is 5.32 Å². The number of para-hydroxylation sites is 1. The van der Waals surface area contributed by atoms with Crippen LogP contribution in [0.15, 0.2) is 24.3 Å². The number of carbonyl (C=O) groups is 2. The molecule has 0 spiro atoms. The maximum Gasteiger partial charge on any atom is 0.276 e. The molecule has 2 N–H and O–H groups in total. The van der Waals surface area contributed by atoms with Crippen molar-refractivity contribution in [1.82, 2.24) is 10.4 Å². The molecule has 2 rings (SSSR count). The molecule has 5 nitrogen and oxygen atoms in total. The van der Waals surface area contributed by atoms with E-state index in [1.54, 1.807) is 6.07 Å². The fraction of sp³-hybridized carbons (Fsp3) is 0.529. The molecule has 5 heteroatoms. The van der Waals surface area contributed by atoms with Gasteiger partial charge in [0.15, 0.2) is 0 Å². The lowest BCUT2D eigenvalue weighted by atomic mass is 9.89. The lowest BCUT2D eigenvalue weighted by Crippen LogP contribution is -2.62. The van der Waals surface area contributed by atoms with Crippen molar-refractivity contribution in [1.29, 1.82) is 0 Å². The molecule has 1 aromatic carbocycles. The van der Waals surface area contributed by atoms with E-state index in [1.165, 1.54) is 5.01 Å². The lowest BCUT2D eigenvalue weighted by molar-refractivity contribution is -0.134. The van der Waals surface area contributed by atoms with Crippen molar-refractivity contribution in [3.8, 4) is 0 Å². The van der Waals surface area contributed by atoms with Gasteiger partial charge in [-0.1, -0.05) is 53.7 Å². The Hall–Kier alpha value is -2.04. The highest BCUT2D eigenvalue weighted by molar-refractivity contribution is 6.02. The van der Waals surface area contributed by atoms with Crippen LogP contribution in [-0.4, -0.2) is 23.0 Å². The molecule has 2 amide bonds. The molecule has 1 heterocycles. The number of anilines is 1. The Labute approximate surface area is 132 Å². The largest absolute Gasteiger partial charge is 0.363 e. The smallest absolute Gasteiger partial charge is 0.276 e. The highest BCUT2D eigenvalue weighted by atomic mass is 16.2. The van der Waals surface area contributed by atoms with Crippen LogP contribution in [0, 0.1) is 10.8 Å². The van der Waals surface area contributed by atoms with Crippen LogP contribution in [-0.2, 0) is 4.79 Å². The standard InChI is InChI=1S/C17H25N3O2/c1-16(2,3)14-18-12-10-8-7-9-11(12)13(21)20(14)19-15(22)17(4,5)6/h7-10,14,18H,1-6H3,(H,19,22). The van der Waals surface area contributed by atoms with Crippen LogP contribution in [0.1, 0.15) is 51.9 Å². The highest BCUT2D eigenvalue weighted by Crippen LogP contribution is 2.32. The van der Waals surface area contributed by atoms with Crippen LogP contribution in [0.5, 0.6) is 0 Å². The molecule has 0 bridgehead atoms. The van der Waals surface area contributed by atoms with Gasteiger partial charge in [-0.3, -0.25) is 15.0 Å². The molecule has 1 atom stereocenters. The predicted octanol–water partition coefficient (Wildman–Crippen LogP) is 3.00. The summed E-state index contributed by atoms with van der Waals surface area (Å²) in [4.78, 5) is 25.1. The molecular formula is C17H25N3O2. The number of rotatable bonds is 1. The van der Waals surface area contributed by atoms with E-state index in [0.29, 0.717) is 5.56 Å². The summed E-state index contributed by atoms with van der Waals surface area (Å²) in [5, 5.41) is 4.79. The fourth-order valence-corrected chi connectivity index (χ4v) is 2.25. The summed E-state index contributed by atoms with van der Waals surface area (Å²) in [6, 6.07) is 7.36. The van der Waals surface area contributed by atoms with Crippen molar-refractivity contribution in [2.24, 2.45) is 10.8 Å². The first-order chi connectivity index (χ1) is 10.0. The minimum atomic E-state index is -0.570. The Morgan fingerprint density at radius 2 is 1.73 bits per heavy atom. The number of nitrogens with one attached hydrogen (secondary N) is 2. The van der Waals surface area contributed by atoms with Crippen LogP contribution in [0.25, 0.3) is 0 Å². The Kier molecular flexibility index (Phi) is 3.94. The topological polar surface area (TPSA) is 61.4 Å². The molecule has 1 aliphatic rings. The molecule has 1 aromatic rings. The minimum Gasteiger partial charge on any atom is -0.363 e. The summed E-state index contributed by atoms with van der Waals surface area (Å²) < 4.78 is 0. The van der Waals surface area contributed by atoms with Crippen molar-refractivity contribution < 1.29 is 9.59 Å². The van der Waals surface area contributed by atoms with Crippen LogP contribution in [0.3, 0.4) is 0 Å². The summed E-state index contributed by atoms with van der Waals surface area (Å²) >= 11 is 0. The third-order valence-electron chi connectivity index (χ3n) is 3.65. The first kappa shape index (κ1) is 16.3. The Morgan fingerprint density at radius 3 is 2.27 bits per heavy atom. The van der Waals surface area contributed by atoms with Crippen LogP contribution in [0.4, 0.5) is 5.69 Å². The molecule has 1 aliphatic heterocycles. The first-order valence-electron chi connectivity index (χ1n) is 7.52. The van der Waals surface area contributed by atoms with E-state index in [9.17, 15) is 9.59 Å². The molecule has 0 radical (unpaired) electrons. The molecular weight excluding hydrogens is 278 g/mol. The Bertz CT molecular complexity index is 597. The van der Waals surface area contributed by atoms with Gasteiger partial charge >= 0.3 is 0 Å². The second-order valence-electron chi connectivity index (χ2n) is 7.82. The number of fused-ring (bicyclic) bond motifs is 1. The predicted molar refractivity (Wildman–Crippen MR) is 87.1 cm³/mol. The van der Waals surface area contributed by atoms with Gasteiger partial charge in [0.1, 0.15) is 6.17 Å². The van der Waals surface area contributed by atoms with E-state index in [-0.39, 0.29) is 23.4 Å². The summed E-state index contributed by atoms with van der Waals surface area (Å²) in [5.41, 5.74) is 3.34. The molecule has 120 valence electrons. The number of hydrogen-bond acceptors (Lipinski definition) is 3. The Morgan fingerprint density at radius 1 is 1.14 bits per heavy atom. The van der Waals surface area contributed by atoms with E-state index in [1.807, 2.05) is 59.7 Å². The zero-order chi connectivity index (χ0) is 16.7. The van der Waals surface area contributed by atoms with Crippen molar-refractivity contribution >= 4 is 17.5 Å². The molecule has 0 saturated carbocycles. The van der Waals surface area contributed by atoms with E-state index < -0.39 is 5.41 Å². The highest BCUT2D eigenvalue weighted by Gasteiger charge is 2.40. The average Bonchev–Trinajstić information content (AvgIpc) is 2.39. The van der Waals surface area contributed by atoms with Gasteiger partial charge in [0.2, 0.25) is 5.91 Å². The average molecular weight is 303 g/mol. The minimum absolute atomic E-state index is 0.184. The Balaban J connectivity index is 2.40. The maximum absolute atomic E-state index is 12.8. The molecule has 1 unspecified atom stereocenters. The van der Waals surface area contributed by atoms with Gasteiger partial charge in [-0.15, -0.1) is 0 Å². The molecule has 0 aromatic heterocycles. The third kappa shape index (κ3) is 3.08. The van der Waals surface area contributed by atoms with Crippen LogP contribution in [0.2, 0.25) is 0 Å². The summed E-state index contributed by atoms with van der Waals surface area (Å²) in [5.74, 6) is -0.372. The molecule has 0 aliphatic carbocycles. The number of benzene rings is 1. The van der Waals surface area contributed by atoms with E-state index >= 15 is 0 Å². The summed E-state index contributed by atoms with van der Waals surface area (Å²) in [7, 11) is 0. The molecule has 0 saturated heterocycles. The monoisotopic (exact) mass is 303 g/mol. The summed E-state index contributed by atoms with van der Waals surface area (Å²) in [6.07, 6.45) is -0.318. The SMILES string of the molecule is CC(C)(C)C(=O)NN1C(=O)c2ccccc2NC1C(C)(C)C. The van der Waals surface area contributed by atoms with Crippen LogP contribution < -0.4 is 10.7 Å². The number of amides is 2. The zero-order valence-corrected chi connectivity index (χ0v) is 14.2. The second-order valence-corrected chi connectivity index (χ2v) is 7.82. The van der Waals surface area contributed by atoms with Crippen molar-refractivity contribution in [3.05, 3.63) is 29.8 Å². The fourth-order valence-electron chi connectivity index (χ4n) is 2.25. The van der Waals surface area contributed by atoms with E-state index in [4.69, 9.17) is 0 Å². The number of nitrogens with zero attached hydrogens (tertiary/aromatic N) is 1. The van der Waals surface area contributed by atoms with Gasteiger partial charge in [-0.2, -0.15) is 0 Å². The van der Waals surface area contributed by atoms with Crippen molar-refractivity contribution in [2.45, 2.75) is 47.7 Å². The third-order valence-corrected chi connectivity index (χ3v) is 3.65. The van der Waals surface area contributed by atoms with Gasteiger partial charge in [-0.25, -0.2) is 5.01 Å². The van der Waals surface area contributed by atoms with Gasteiger partial charge in [0.25, 0.3) is 5.91 Å². The lowest BCUT2D eigenvalue weighted by Gasteiger charge is -2.44. The second kappa shape index (κ2) is 5.30. The molecule has 22 heavy (non-hydrogen) atoms. The van der Waals surface area contributed by atoms with E-state index in [0.717, 1.165) is 5.69 Å². The number of hydrogen-bond donors (Lipinski definition) is 2. The summed E-state index contributed by atoms with van der Waals surface area (Å²) in [6.45, 7) is 11.6. The van der Waals surface area contributed by atoms with Gasteiger partial charge in [0, 0.05) is 16.5 Å². The molecule has 0 fully saturated rings. The van der Waals surface area contributed by atoms with E-state index in [2.05, 4.69) is 10.7 Å². The van der Waals surface area contributed by atoms with Crippen molar-refractivity contribution in [3.63, 3.8) is 0 Å². The van der Waals surface area contributed by atoms with Crippen LogP contribution >= 0.6 is 0 Å². The first-order valence-corrected chi connectivity index (χ1v) is 7.52. The number of hydrazine groups is 1.